The van der Waals surface area contributed by atoms with Gasteiger partial charge in [-0.1, -0.05) is 71.8 Å². The average molecular weight is 500 g/mol. The lowest BCUT2D eigenvalue weighted by atomic mass is 10.0. The van der Waals surface area contributed by atoms with Gasteiger partial charge in [0.05, 0.1) is 35.3 Å². The van der Waals surface area contributed by atoms with Crippen molar-refractivity contribution in [1.29, 1.82) is 5.26 Å². The van der Waals surface area contributed by atoms with Gasteiger partial charge in [0.2, 0.25) is 5.65 Å². The van der Waals surface area contributed by atoms with Crippen molar-refractivity contribution >= 4 is 5.65 Å². The molecule has 3 heterocycles. The van der Waals surface area contributed by atoms with Crippen molar-refractivity contribution in [2.45, 2.75) is 20.3 Å². The van der Waals surface area contributed by atoms with Crippen LogP contribution in [0.25, 0.3) is 39.4 Å². The molecule has 188 valence electrons. The minimum Gasteiger partial charge on any atom is -0.475 e. The number of aromatic nitrogens is 3. The van der Waals surface area contributed by atoms with Gasteiger partial charge >= 0.3 is 0 Å². The fourth-order valence-corrected chi connectivity index (χ4v) is 4.93. The molecule has 1 aliphatic heterocycles. The lowest BCUT2D eigenvalue weighted by Gasteiger charge is -2.17. The van der Waals surface area contributed by atoms with Crippen LogP contribution in [-0.2, 0) is 0 Å². The predicted octanol–water partition coefficient (Wildman–Crippen LogP) is 6.21. The highest BCUT2D eigenvalue weighted by molar-refractivity contribution is 5.83. The van der Waals surface area contributed by atoms with Crippen molar-refractivity contribution in [1.82, 2.24) is 19.7 Å². The Labute approximate surface area is 222 Å². The number of aryl methyl sites for hydroxylation is 2. The number of nitrogens with one attached hydrogen (secondary N) is 1. The van der Waals surface area contributed by atoms with Gasteiger partial charge in [0.15, 0.2) is 0 Å². The van der Waals surface area contributed by atoms with Crippen LogP contribution in [0, 0.1) is 31.1 Å². The molecule has 6 heteroatoms. The summed E-state index contributed by atoms with van der Waals surface area (Å²) in [6, 6.07) is 26.6. The van der Waals surface area contributed by atoms with Crippen LogP contribution in [-0.4, -0.2) is 34.1 Å². The van der Waals surface area contributed by atoms with E-state index in [1.807, 2.05) is 24.3 Å². The van der Waals surface area contributed by atoms with Crippen molar-refractivity contribution < 1.29 is 4.74 Å². The molecule has 1 N–H and O–H groups in total. The van der Waals surface area contributed by atoms with Crippen molar-refractivity contribution in [3.63, 3.8) is 0 Å². The van der Waals surface area contributed by atoms with Crippen molar-refractivity contribution in [3.8, 4) is 45.7 Å². The van der Waals surface area contributed by atoms with Crippen molar-refractivity contribution in [2.24, 2.45) is 5.92 Å². The number of fused-ring (bicyclic) bond motifs is 1. The third-order valence-corrected chi connectivity index (χ3v) is 7.15. The van der Waals surface area contributed by atoms with Crippen LogP contribution >= 0.6 is 0 Å². The molecule has 0 unspecified atom stereocenters. The van der Waals surface area contributed by atoms with Crippen molar-refractivity contribution in [2.75, 3.05) is 19.7 Å². The summed E-state index contributed by atoms with van der Waals surface area (Å²) in [5.74, 6) is 0.962. The summed E-state index contributed by atoms with van der Waals surface area (Å²) in [5, 5.41) is 12.8. The maximum Gasteiger partial charge on any atom is 0.259 e. The summed E-state index contributed by atoms with van der Waals surface area (Å²) < 4.78 is 8.52. The number of benzene rings is 3. The highest BCUT2D eigenvalue weighted by Crippen LogP contribution is 2.37. The molecule has 1 fully saturated rings. The molecule has 5 aromatic rings. The highest BCUT2D eigenvalue weighted by atomic mass is 16.5. The third kappa shape index (κ3) is 4.65. The Bertz CT molecular complexity index is 1620. The molecular weight excluding hydrogens is 470 g/mol. The van der Waals surface area contributed by atoms with E-state index < -0.39 is 0 Å². The number of hydrogen-bond donors (Lipinski definition) is 1. The number of hydrogen-bond acceptors (Lipinski definition) is 5. The number of nitrogens with zero attached hydrogens (tertiary/aromatic N) is 4. The lowest BCUT2D eigenvalue weighted by Crippen LogP contribution is -2.16. The Morgan fingerprint density at radius 2 is 1.55 bits per heavy atom. The molecule has 1 atom stereocenters. The molecule has 0 radical (unpaired) electrons. The monoisotopic (exact) mass is 499 g/mol. The van der Waals surface area contributed by atoms with Gasteiger partial charge in [0, 0.05) is 35.3 Å². The second-order valence-corrected chi connectivity index (χ2v) is 10.0. The molecule has 2 aromatic heterocycles. The van der Waals surface area contributed by atoms with E-state index in [0.717, 1.165) is 53.3 Å². The van der Waals surface area contributed by atoms with Crippen LogP contribution in [0.3, 0.4) is 0 Å². The molecule has 6 rings (SSSR count). The van der Waals surface area contributed by atoms with E-state index in [1.54, 1.807) is 0 Å². The minimum absolute atomic E-state index is 0.443. The average Bonchev–Trinajstić information content (AvgIpc) is 3.63. The summed E-state index contributed by atoms with van der Waals surface area (Å²) in [6.45, 7) is 6.71. The van der Waals surface area contributed by atoms with Crippen molar-refractivity contribution in [3.05, 3.63) is 95.7 Å². The molecule has 0 amide bonds. The van der Waals surface area contributed by atoms with Crippen LogP contribution in [0.5, 0.6) is 5.88 Å². The SMILES string of the molecule is Cc1ccc(-c2cn3c(-c4ccc(C)cc4)c(-c4ccc(C#N)cc4)nc(OC[C@@H]4CCNC4)c3n2)cc1. The Morgan fingerprint density at radius 1 is 0.895 bits per heavy atom. The first-order chi connectivity index (χ1) is 18.6. The summed E-state index contributed by atoms with van der Waals surface area (Å²) >= 11 is 0. The van der Waals surface area contributed by atoms with Crippen LogP contribution in [0.4, 0.5) is 0 Å². The molecule has 0 saturated carbocycles. The molecule has 3 aromatic carbocycles. The van der Waals surface area contributed by atoms with Gasteiger partial charge in [0.25, 0.3) is 5.88 Å². The molecule has 6 nitrogen and oxygen atoms in total. The van der Waals surface area contributed by atoms with E-state index in [0.29, 0.717) is 29.6 Å². The van der Waals surface area contributed by atoms with E-state index >= 15 is 0 Å². The van der Waals surface area contributed by atoms with E-state index in [9.17, 15) is 5.26 Å². The fraction of sp³-hybridized carbons (Fsp3) is 0.219. The van der Waals surface area contributed by atoms with E-state index in [4.69, 9.17) is 14.7 Å². The van der Waals surface area contributed by atoms with Gasteiger partial charge in [-0.3, -0.25) is 4.40 Å². The van der Waals surface area contributed by atoms with Crippen LogP contribution < -0.4 is 10.1 Å². The van der Waals surface area contributed by atoms with Gasteiger partial charge in [-0.25, -0.2) is 9.97 Å². The topological polar surface area (TPSA) is 75.2 Å². The standard InChI is InChI=1S/C32H29N5O/c1-21-3-9-25(10-4-21)28-19-37-30(27-11-5-22(2)6-12-27)29(26-13-7-23(17-33)8-14-26)36-32(31(37)35-28)38-20-24-15-16-34-18-24/h3-14,19,24,34H,15-16,18,20H2,1-2H3/t24-/m1/s1. The van der Waals surface area contributed by atoms with Gasteiger partial charge in [0.1, 0.15) is 0 Å². The number of ether oxygens (including phenoxy) is 1. The maximum atomic E-state index is 9.34. The van der Waals surface area contributed by atoms with E-state index in [-0.39, 0.29) is 0 Å². The molecule has 1 aliphatic rings. The highest BCUT2D eigenvalue weighted by Gasteiger charge is 2.23. The first-order valence-electron chi connectivity index (χ1n) is 13.0. The maximum absolute atomic E-state index is 9.34. The molecule has 38 heavy (non-hydrogen) atoms. The van der Waals surface area contributed by atoms with Gasteiger partial charge in [-0.15, -0.1) is 0 Å². The lowest BCUT2D eigenvalue weighted by molar-refractivity contribution is 0.253. The summed E-state index contributed by atoms with van der Waals surface area (Å²) in [4.78, 5) is 10.1. The second kappa shape index (κ2) is 10.1. The zero-order valence-corrected chi connectivity index (χ0v) is 21.6. The second-order valence-electron chi connectivity index (χ2n) is 10.0. The number of nitriles is 1. The smallest absolute Gasteiger partial charge is 0.259 e. The normalized spacial score (nSPS) is 15.0. The first-order valence-corrected chi connectivity index (χ1v) is 13.0. The Morgan fingerprint density at radius 3 is 2.18 bits per heavy atom. The summed E-state index contributed by atoms with van der Waals surface area (Å²) in [5.41, 5.74) is 9.28. The Hall–Kier alpha value is -4.47. The first kappa shape index (κ1) is 23.9. The summed E-state index contributed by atoms with van der Waals surface area (Å²) in [6.07, 6.45) is 3.16. The van der Waals surface area contributed by atoms with Gasteiger partial charge < -0.3 is 10.1 Å². The largest absolute Gasteiger partial charge is 0.475 e. The van der Waals surface area contributed by atoms with Gasteiger partial charge in [-0.05, 0) is 38.9 Å². The van der Waals surface area contributed by atoms with Crippen LogP contribution in [0.2, 0.25) is 0 Å². The minimum atomic E-state index is 0.443. The molecule has 0 spiro atoms. The van der Waals surface area contributed by atoms with Crippen LogP contribution in [0.15, 0.2) is 79.0 Å². The molecular formula is C32H29N5O. The molecule has 0 bridgehead atoms. The summed E-state index contributed by atoms with van der Waals surface area (Å²) in [7, 11) is 0. The third-order valence-electron chi connectivity index (χ3n) is 7.15. The molecule has 1 saturated heterocycles. The fourth-order valence-electron chi connectivity index (χ4n) is 4.93. The zero-order valence-electron chi connectivity index (χ0n) is 21.6. The Balaban J connectivity index is 1.59. The zero-order chi connectivity index (χ0) is 26.1. The van der Waals surface area contributed by atoms with Gasteiger partial charge in [-0.2, -0.15) is 5.26 Å². The number of rotatable bonds is 6. The van der Waals surface area contributed by atoms with Crippen LogP contribution in [0.1, 0.15) is 23.1 Å². The quantitative estimate of drug-likeness (QED) is 0.301. The van der Waals surface area contributed by atoms with E-state index in [2.05, 4.69) is 84.4 Å². The van der Waals surface area contributed by atoms with E-state index in [1.165, 1.54) is 11.1 Å². The number of imidazole rings is 1. The predicted molar refractivity (Wildman–Crippen MR) is 150 cm³/mol. The molecule has 0 aliphatic carbocycles. The Kier molecular flexibility index (Phi) is 6.36.